The van der Waals surface area contributed by atoms with Gasteiger partial charge in [0.2, 0.25) is 9.84 Å². The standard InChI is InChI=1S/C20H24O3S/c1-5-9-13(2)17-15-12-16(20(15,3)4)18(21)19(17)24(22,23)14-10-7-6-8-11-14/h5-8,10-11,13,15-16H,1,9,12H2,2-4H3/t13-,15+,16-/m0/s1. The predicted octanol–water partition coefficient (Wildman–Crippen LogP) is 4.17. The summed E-state index contributed by atoms with van der Waals surface area (Å²) in [6.07, 6.45) is 3.25. The normalized spacial score (nSPS) is 26.7. The Morgan fingerprint density at radius 1 is 1.25 bits per heavy atom. The van der Waals surface area contributed by atoms with Crippen molar-refractivity contribution in [1.29, 1.82) is 0 Å². The monoisotopic (exact) mass is 344 g/mol. The second-order valence-corrected chi connectivity index (χ2v) is 9.44. The maximum absolute atomic E-state index is 13.2. The largest absolute Gasteiger partial charge is 0.293 e. The third-order valence-electron chi connectivity index (χ3n) is 5.82. The van der Waals surface area contributed by atoms with Crippen LogP contribution in [0.2, 0.25) is 0 Å². The molecular formula is C20H24O3S. The van der Waals surface area contributed by atoms with Gasteiger partial charge in [0.1, 0.15) is 4.91 Å². The number of allylic oxidation sites excluding steroid dienone is 3. The van der Waals surface area contributed by atoms with E-state index in [0.29, 0.717) is 6.42 Å². The van der Waals surface area contributed by atoms with Crippen molar-refractivity contribution in [3.8, 4) is 0 Å². The SMILES string of the molecule is C=CC[C@H](C)C1=C(S(=O)(=O)c2ccccc2)C(=O)[C@@H]2C[C@H]1C2(C)C. The van der Waals surface area contributed by atoms with E-state index in [1.54, 1.807) is 36.4 Å². The van der Waals surface area contributed by atoms with E-state index in [1.807, 2.05) is 6.92 Å². The van der Waals surface area contributed by atoms with Gasteiger partial charge in [-0.25, -0.2) is 8.42 Å². The lowest BCUT2D eigenvalue weighted by Gasteiger charge is -2.57. The third-order valence-corrected chi connectivity index (χ3v) is 7.69. The van der Waals surface area contributed by atoms with Crippen LogP contribution in [0.1, 0.15) is 33.6 Å². The van der Waals surface area contributed by atoms with Crippen molar-refractivity contribution in [3.63, 3.8) is 0 Å². The van der Waals surface area contributed by atoms with Crippen molar-refractivity contribution in [2.24, 2.45) is 23.2 Å². The van der Waals surface area contributed by atoms with E-state index in [4.69, 9.17) is 0 Å². The molecule has 2 bridgehead atoms. The number of sulfone groups is 1. The first-order valence-electron chi connectivity index (χ1n) is 8.42. The Bertz CT molecular complexity index is 816. The molecule has 0 unspecified atom stereocenters. The summed E-state index contributed by atoms with van der Waals surface area (Å²) in [5.41, 5.74) is 0.661. The molecule has 3 aliphatic rings. The van der Waals surface area contributed by atoms with Gasteiger partial charge in [-0.05, 0) is 47.8 Å². The Morgan fingerprint density at radius 2 is 1.88 bits per heavy atom. The Hall–Kier alpha value is -1.68. The van der Waals surface area contributed by atoms with Crippen LogP contribution in [0.5, 0.6) is 0 Å². The molecule has 0 spiro atoms. The Kier molecular flexibility index (Phi) is 4.07. The molecule has 4 heteroatoms. The molecule has 0 aliphatic heterocycles. The van der Waals surface area contributed by atoms with E-state index in [2.05, 4.69) is 20.4 Å². The minimum atomic E-state index is -3.78. The minimum absolute atomic E-state index is 0.00506. The van der Waals surface area contributed by atoms with Crippen LogP contribution < -0.4 is 0 Å². The lowest BCUT2D eigenvalue weighted by molar-refractivity contribution is -0.135. The van der Waals surface area contributed by atoms with Gasteiger partial charge in [-0.1, -0.05) is 45.0 Å². The van der Waals surface area contributed by atoms with E-state index in [0.717, 1.165) is 12.0 Å². The molecule has 0 amide bonds. The van der Waals surface area contributed by atoms with E-state index in [9.17, 15) is 13.2 Å². The van der Waals surface area contributed by atoms with Gasteiger partial charge in [-0.2, -0.15) is 0 Å². The summed E-state index contributed by atoms with van der Waals surface area (Å²) in [6, 6.07) is 8.29. The number of Topliss-reactive ketones (excluding diaryl/α,β-unsaturated/α-hetero) is 1. The number of hydrogen-bond donors (Lipinski definition) is 0. The third kappa shape index (κ3) is 2.31. The molecule has 128 valence electrons. The van der Waals surface area contributed by atoms with Gasteiger partial charge < -0.3 is 0 Å². The Labute approximate surface area is 144 Å². The van der Waals surface area contributed by atoms with Crippen LogP contribution in [0.4, 0.5) is 0 Å². The molecule has 1 fully saturated rings. The van der Waals surface area contributed by atoms with Crippen molar-refractivity contribution in [2.45, 2.75) is 38.5 Å². The number of carbonyl (C=O) groups excluding carboxylic acids is 1. The second kappa shape index (κ2) is 5.69. The molecule has 0 aromatic heterocycles. The smallest absolute Gasteiger partial charge is 0.210 e. The van der Waals surface area contributed by atoms with Crippen LogP contribution in [0, 0.1) is 23.2 Å². The maximum atomic E-state index is 13.2. The zero-order chi connectivity index (χ0) is 17.7. The molecule has 0 N–H and O–H groups in total. The van der Waals surface area contributed by atoms with E-state index >= 15 is 0 Å². The van der Waals surface area contributed by atoms with Gasteiger partial charge in [-0.15, -0.1) is 6.58 Å². The number of fused-ring (bicyclic) bond motifs is 1. The van der Waals surface area contributed by atoms with Crippen LogP contribution in [0.15, 0.2) is 58.4 Å². The van der Waals surface area contributed by atoms with Crippen LogP contribution in [0.25, 0.3) is 0 Å². The highest BCUT2D eigenvalue weighted by Crippen LogP contribution is 2.62. The molecule has 24 heavy (non-hydrogen) atoms. The molecular weight excluding hydrogens is 320 g/mol. The van der Waals surface area contributed by atoms with Gasteiger partial charge in [-0.3, -0.25) is 4.79 Å². The van der Waals surface area contributed by atoms with E-state index in [-0.39, 0.29) is 38.8 Å². The summed E-state index contributed by atoms with van der Waals surface area (Å²) < 4.78 is 26.4. The van der Waals surface area contributed by atoms with Crippen molar-refractivity contribution in [2.75, 3.05) is 0 Å². The molecule has 0 saturated heterocycles. The first kappa shape index (κ1) is 17.2. The highest BCUT2D eigenvalue weighted by Gasteiger charge is 2.60. The average Bonchev–Trinajstić information content (AvgIpc) is 2.54. The number of hydrogen-bond acceptors (Lipinski definition) is 3. The lowest BCUT2D eigenvalue weighted by atomic mass is 9.47. The predicted molar refractivity (Wildman–Crippen MR) is 95.0 cm³/mol. The van der Waals surface area contributed by atoms with Gasteiger partial charge in [0.15, 0.2) is 5.78 Å². The van der Waals surface area contributed by atoms with Gasteiger partial charge in [0.25, 0.3) is 0 Å². The zero-order valence-electron chi connectivity index (χ0n) is 14.5. The lowest BCUT2D eigenvalue weighted by Crippen LogP contribution is -2.55. The number of carbonyl (C=O) groups is 1. The molecule has 1 aromatic carbocycles. The van der Waals surface area contributed by atoms with Crippen LogP contribution in [0.3, 0.4) is 0 Å². The summed E-state index contributed by atoms with van der Waals surface area (Å²) in [5, 5.41) is 0. The molecule has 0 radical (unpaired) electrons. The fraction of sp³-hybridized carbons (Fsp3) is 0.450. The van der Waals surface area contributed by atoms with E-state index in [1.165, 1.54) is 0 Å². The fourth-order valence-corrected chi connectivity index (χ4v) is 6.12. The molecule has 3 nitrogen and oxygen atoms in total. The fourth-order valence-electron chi connectivity index (χ4n) is 4.31. The zero-order valence-corrected chi connectivity index (χ0v) is 15.3. The second-order valence-electron chi connectivity index (χ2n) is 7.55. The molecule has 0 heterocycles. The summed E-state index contributed by atoms with van der Waals surface area (Å²) in [4.78, 5) is 13.3. The number of rotatable bonds is 5. The first-order valence-corrected chi connectivity index (χ1v) is 9.90. The van der Waals surface area contributed by atoms with Gasteiger partial charge in [0.05, 0.1) is 4.90 Å². The highest BCUT2D eigenvalue weighted by molar-refractivity contribution is 7.96. The maximum Gasteiger partial charge on any atom is 0.210 e. The molecule has 3 atom stereocenters. The average molecular weight is 344 g/mol. The van der Waals surface area contributed by atoms with E-state index < -0.39 is 9.84 Å². The summed E-state index contributed by atoms with van der Waals surface area (Å²) in [7, 11) is -3.78. The first-order chi connectivity index (χ1) is 11.2. The van der Waals surface area contributed by atoms with Crippen LogP contribution >= 0.6 is 0 Å². The highest BCUT2D eigenvalue weighted by atomic mass is 32.2. The summed E-state index contributed by atoms with van der Waals surface area (Å²) in [5.74, 6) is -0.220. The molecule has 1 saturated carbocycles. The molecule has 3 aliphatic carbocycles. The van der Waals surface area contributed by atoms with Crippen molar-refractivity contribution >= 4 is 15.6 Å². The summed E-state index contributed by atoms with van der Waals surface area (Å²) >= 11 is 0. The van der Waals surface area contributed by atoms with Crippen molar-refractivity contribution < 1.29 is 13.2 Å². The quantitative estimate of drug-likeness (QED) is 0.753. The number of ketones is 1. The van der Waals surface area contributed by atoms with Gasteiger partial charge >= 0.3 is 0 Å². The van der Waals surface area contributed by atoms with Gasteiger partial charge in [0, 0.05) is 5.92 Å². The van der Waals surface area contributed by atoms with Crippen LogP contribution in [-0.4, -0.2) is 14.2 Å². The summed E-state index contributed by atoms with van der Waals surface area (Å²) in [6.45, 7) is 9.94. The van der Waals surface area contributed by atoms with Crippen molar-refractivity contribution in [3.05, 3.63) is 53.5 Å². The number of benzene rings is 1. The Morgan fingerprint density at radius 3 is 2.42 bits per heavy atom. The van der Waals surface area contributed by atoms with Crippen LogP contribution in [-0.2, 0) is 14.6 Å². The molecule has 4 rings (SSSR count). The topological polar surface area (TPSA) is 51.2 Å². The van der Waals surface area contributed by atoms with Crippen molar-refractivity contribution in [1.82, 2.24) is 0 Å². The molecule has 1 aromatic rings. The minimum Gasteiger partial charge on any atom is -0.293 e. The Balaban J connectivity index is 2.23.